The van der Waals surface area contributed by atoms with Crippen LogP contribution in [0.3, 0.4) is 0 Å². The molecule has 0 N–H and O–H groups in total. The number of rotatable bonds is 1. The summed E-state index contributed by atoms with van der Waals surface area (Å²) < 4.78 is 8.67. The van der Waals surface area contributed by atoms with E-state index in [2.05, 4.69) is 93.2 Å². The maximum absolute atomic E-state index is 6.47. The Morgan fingerprint density at radius 3 is 2.44 bits per heavy atom. The Hall–Kier alpha value is -3.13. The summed E-state index contributed by atoms with van der Waals surface area (Å²) in [6, 6.07) is 19.4. The first kappa shape index (κ1) is 16.1. The van der Waals surface area contributed by atoms with Crippen LogP contribution in [0.1, 0.15) is 16.7 Å². The molecule has 2 aromatic heterocycles. The summed E-state index contributed by atoms with van der Waals surface area (Å²) in [6.07, 6.45) is 2.22. The van der Waals surface area contributed by atoms with Gasteiger partial charge >= 0.3 is 0 Å². The van der Waals surface area contributed by atoms with E-state index in [4.69, 9.17) is 4.42 Å². The molecule has 0 amide bonds. The smallest absolute Gasteiger partial charge is 0.256 e. The molecular weight excluding hydrogens is 330 g/mol. The van der Waals surface area contributed by atoms with Gasteiger partial charge in [0.15, 0.2) is 6.20 Å². The number of benzene rings is 3. The highest BCUT2D eigenvalue weighted by atomic mass is 16.3. The largest absolute Gasteiger partial charge is 0.449 e. The summed E-state index contributed by atoms with van der Waals surface area (Å²) in [5.74, 6) is 0. The van der Waals surface area contributed by atoms with Crippen LogP contribution >= 0.6 is 0 Å². The van der Waals surface area contributed by atoms with Gasteiger partial charge in [0.05, 0.1) is 5.56 Å². The number of hydrogen-bond donors (Lipinski definition) is 0. The van der Waals surface area contributed by atoms with Crippen LogP contribution in [0.25, 0.3) is 44.0 Å². The number of fused-ring (bicyclic) bond motifs is 5. The fourth-order valence-corrected chi connectivity index (χ4v) is 4.38. The standard InChI is InChI=1S/C25H22NO/c1-15-9-11-19(16(2)13-15)24-25-22(17(3)14-26(24)4)23-20-8-6-5-7-18(20)10-12-21(23)27-25/h5-14H,1-4H3/q+1. The van der Waals surface area contributed by atoms with Gasteiger partial charge in [0, 0.05) is 16.3 Å². The second-order valence-corrected chi connectivity index (χ2v) is 7.56. The average molecular weight is 352 g/mol. The Morgan fingerprint density at radius 2 is 1.63 bits per heavy atom. The maximum Gasteiger partial charge on any atom is 0.256 e. The van der Waals surface area contributed by atoms with E-state index in [0.29, 0.717) is 0 Å². The molecule has 3 aromatic carbocycles. The molecular formula is C25H22NO+. The van der Waals surface area contributed by atoms with Crippen molar-refractivity contribution in [3.05, 3.63) is 77.5 Å². The van der Waals surface area contributed by atoms with Gasteiger partial charge in [-0.3, -0.25) is 0 Å². The van der Waals surface area contributed by atoms with Crippen LogP contribution in [0.15, 0.2) is 65.2 Å². The molecule has 132 valence electrons. The van der Waals surface area contributed by atoms with Crippen LogP contribution in [0.4, 0.5) is 0 Å². The third-order valence-corrected chi connectivity index (χ3v) is 5.57. The quantitative estimate of drug-likeness (QED) is 0.330. The molecule has 0 radical (unpaired) electrons. The Kier molecular flexibility index (Phi) is 3.38. The molecule has 27 heavy (non-hydrogen) atoms. The SMILES string of the molecule is Cc1ccc(-c2c3oc4ccc5ccccc5c4c3c(C)c[n+]2C)c(C)c1. The maximum atomic E-state index is 6.47. The van der Waals surface area contributed by atoms with Crippen molar-refractivity contribution in [2.45, 2.75) is 20.8 Å². The zero-order valence-electron chi connectivity index (χ0n) is 16.1. The lowest BCUT2D eigenvalue weighted by Crippen LogP contribution is -2.31. The van der Waals surface area contributed by atoms with Gasteiger partial charge in [-0.1, -0.05) is 48.0 Å². The highest BCUT2D eigenvalue weighted by Gasteiger charge is 2.25. The number of aromatic nitrogens is 1. The van der Waals surface area contributed by atoms with Gasteiger partial charge in [-0.15, -0.1) is 0 Å². The zero-order chi connectivity index (χ0) is 18.7. The van der Waals surface area contributed by atoms with Crippen LogP contribution in [-0.4, -0.2) is 0 Å². The predicted molar refractivity (Wildman–Crippen MR) is 112 cm³/mol. The second-order valence-electron chi connectivity index (χ2n) is 7.56. The summed E-state index contributed by atoms with van der Waals surface area (Å²) in [5.41, 5.74) is 8.04. The Bertz CT molecular complexity index is 1360. The molecule has 5 aromatic rings. The molecule has 0 atom stereocenters. The van der Waals surface area contributed by atoms with E-state index < -0.39 is 0 Å². The molecule has 0 aliphatic rings. The topological polar surface area (TPSA) is 17.0 Å². The van der Waals surface area contributed by atoms with Crippen molar-refractivity contribution in [3.63, 3.8) is 0 Å². The summed E-state index contributed by atoms with van der Waals surface area (Å²) in [7, 11) is 2.10. The third kappa shape index (κ3) is 2.30. The molecule has 0 saturated heterocycles. The minimum Gasteiger partial charge on any atom is -0.449 e. The highest BCUT2D eigenvalue weighted by molar-refractivity contribution is 6.21. The third-order valence-electron chi connectivity index (χ3n) is 5.57. The molecule has 0 aliphatic carbocycles. The van der Waals surface area contributed by atoms with Gasteiger partial charge < -0.3 is 4.42 Å². The van der Waals surface area contributed by atoms with Gasteiger partial charge in [-0.05, 0) is 49.2 Å². The number of aryl methyl sites for hydroxylation is 4. The first-order valence-electron chi connectivity index (χ1n) is 9.35. The molecule has 0 fully saturated rings. The Labute approximate surface area is 158 Å². The molecule has 2 nitrogen and oxygen atoms in total. The highest BCUT2D eigenvalue weighted by Crippen LogP contribution is 2.39. The lowest BCUT2D eigenvalue weighted by Gasteiger charge is -2.07. The van der Waals surface area contributed by atoms with E-state index >= 15 is 0 Å². The van der Waals surface area contributed by atoms with Crippen LogP contribution in [0, 0.1) is 20.8 Å². The zero-order valence-corrected chi connectivity index (χ0v) is 16.1. The van der Waals surface area contributed by atoms with E-state index in [1.54, 1.807) is 0 Å². The number of pyridine rings is 1. The second kappa shape index (κ2) is 5.68. The van der Waals surface area contributed by atoms with E-state index in [9.17, 15) is 0 Å². The summed E-state index contributed by atoms with van der Waals surface area (Å²) in [6.45, 7) is 6.48. The summed E-state index contributed by atoms with van der Waals surface area (Å²) in [4.78, 5) is 0. The molecule has 0 bridgehead atoms. The van der Waals surface area contributed by atoms with Crippen LogP contribution in [0.2, 0.25) is 0 Å². The number of hydrogen-bond acceptors (Lipinski definition) is 1. The van der Waals surface area contributed by atoms with Crippen LogP contribution in [-0.2, 0) is 7.05 Å². The van der Waals surface area contributed by atoms with E-state index in [0.717, 1.165) is 16.9 Å². The monoisotopic (exact) mass is 352 g/mol. The predicted octanol–water partition coefficient (Wildman–Crippen LogP) is 6.16. The fraction of sp³-hybridized carbons (Fsp3) is 0.160. The number of nitrogens with zero attached hydrogens (tertiary/aromatic N) is 1. The molecule has 5 rings (SSSR count). The van der Waals surface area contributed by atoms with Crippen molar-refractivity contribution in [1.29, 1.82) is 0 Å². The Balaban J connectivity index is 2.00. The fourth-order valence-electron chi connectivity index (χ4n) is 4.38. The van der Waals surface area contributed by atoms with Gasteiger partial charge in [0.25, 0.3) is 5.69 Å². The van der Waals surface area contributed by atoms with Crippen LogP contribution < -0.4 is 4.57 Å². The van der Waals surface area contributed by atoms with E-state index in [1.165, 1.54) is 43.8 Å². The van der Waals surface area contributed by atoms with Crippen molar-refractivity contribution >= 4 is 32.7 Å². The summed E-state index contributed by atoms with van der Waals surface area (Å²) >= 11 is 0. The van der Waals surface area contributed by atoms with Gasteiger partial charge in [0.1, 0.15) is 12.6 Å². The minimum atomic E-state index is 0.948. The average Bonchev–Trinajstić information content (AvgIpc) is 3.03. The molecule has 0 spiro atoms. The molecule has 0 saturated carbocycles. The van der Waals surface area contributed by atoms with E-state index in [-0.39, 0.29) is 0 Å². The lowest BCUT2D eigenvalue weighted by molar-refractivity contribution is -0.659. The van der Waals surface area contributed by atoms with Crippen molar-refractivity contribution in [3.8, 4) is 11.3 Å². The molecule has 2 heterocycles. The van der Waals surface area contributed by atoms with Crippen molar-refractivity contribution in [2.24, 2.45) is 7.05 Å². The Morgan fingerprint density at radius 1 is 0.815 bits per heavy atom. The van der Waals surface area contributed by atoms with Crippen molar-refractivity contribution < 1.29 is 8.98 Å². The van der Waals surface area contributed by atoms with Gasteiger partial charge in [-0.25, -0.2) is 0 Å². The van der Waals surface area contributed by atoms with E-state index in [1.807, 2.05) is 0 Å². The van der Waals surface area contributed by atoms with Gasteiger partial charge in [-0.2, -0.15) is 4.57 Å². The molecule has 2 heteroatoms. The van der Waals surface area contributed by atoms with Crippen molar-refractivity contribution in [2.75, 3.05) is 0 Å². The van der Waals surface area contributed by atoms with Crippen LogP contribution in [0.5, 0.6) is 0 Å². The first-order valence-corrected chi connectivity index (χ1v) is 9.35. The normalized spacial score (nSPS) is 11.7. The molecule has 0 unspecified atom stereocenters. The lowest BCUT2D eigenvalue weighted by atomic mass is 9.98. The minimum absolute atomic E-state index is 0.948. The van der Waals surface area contributed by atoms with Crippen molar-refractivity contribution in [1.82, 2.24) is 0 Å². The van der Waals surface area contributed by atoms with Gasteiger partial charge in [0.2, 0.25) is 5.58 Å². The number of furan rings is 1. The molecule has 0 aliphatic heterocycles. The first-order chi connectivity index (χ1) is 13.0. The summed E-state index contributed by atoms with van der Waals surface area (Å²) in [5, 5.41) is 4.92.